The summed E-state index contributed by atoms with van der Waals surface area (Å²) in [6.07, 6.45) is -0.183. The predicted molar refractivity (Wildman–Crippen MR) is 126 cm³/mol. The first-order chi connectivity index (χ1) is 16.7. The Labute approximate surface area is 232 Å². The van der Waals surface area contributed by atoms with Crippen LogP contribution in [0.3, 0.4) is 0 Å². The third-order valence-corrected chi connectivity index (χ3v) is 5.16. The molecule has 2 aromatic rings. The Morgan fingerprint density at radius 2 is 1.69 bits per heavy atom. The van der Waals surface area contributed by atoms with Crippen molar-refractivity contribution in [2.75, 3.05) is 26.4 Å². The molecule has 8 nitrogen and oxygen atoms in total. The molecular formula is C26H32FNaO8. The second kappa shape index (κ2) is 16.0. The standard InChI is InChI=1S/C26H33FO8.Na/c1-16(2)22-15-23(34-11-9-28)26(35-12-10-29)25(17-3-5-18(27)6-4-17)21(22)8-7-19(30)13-20(31)14-24(32)33;/h3-8,15-16,19-20,28-31H,9-14H2,1-2H3,(H,32,33);/q;+1/p-1/b8-7+;. The number of benzene rings is 2. The Bertz CT molecular complexity index is 994. The van der Waals surface area contributed by atoms with Gasteiger partial charge in [-0.25, -0.2) is 4.39 Å². The first-order valence-electron chi connectivity index (χ1n) is 11.4. The van der Waals surface area contributed by atoms with Crippen molar-refractivity contribution < 1.29 is 73.7 Å². The van der Waals surface area contributed by atoms with Crippen molar-refractivity contribution in [2.24, 2.45) is 0 Å². The summed E-state index contributed by atoms with van der Waals surface area (Å²) in [6.45, 7) is 3.35. The Morgan fingerprint density at radius 3 is 2.25 bits per heavy atom. The Balaban J connectivity index is 0.00000648. The number of hydrogen-bond acceptors (Lipinski definition) is 8. The number of aliphatic carboxylic acids is 1. The van der Waals surface area contributed by atoms with Crippen molar-refractivity contribution in [1.82, 2.24) is 0 Å². The van der Waals surface area contributed by atoms with E-state index in [0.29, 0.717) is 22.4 Å². The number of carbonyl (C=O) groups excluding carboxylic acids is 1. The Hall–Kier alpha value is -1.98. The van der Waals surface area contributed by atoms with Gasteiger partial charge in [-0.3, -0.25) is 0 Å². The number of ether oxygens (including phenoxy) is 2. The molecule has 0 saturated carbocycles. The van der Waals surface area contributed by atoms with Gasteiger partial charge in [0.1, 0.15) is 19.0 Å². The van der Waals surface area contributed by atoms with E-state index in [2.05, 4.69) is 0 Å². The van der Waals surface area contributed by atoms with E-state index in [-0.39, 0.29) is 74.1 Å². The van der Waals surface area contributed by atoms with Crippen LogP contribution in [0.15, 0.2) is 36.4 Å². The monoisotopic (exact) mass is 514 g/mol. The normalized spacial score (nSPS) is 12.9. The number of carbonyl (C=O) groups is 1. The molecular weight excluding hydrogens is 482 g/mol. The van der Waals surface area contributed by atoms with Gasteiger partial charge in [0.05, 0.1) is 25.4 Å². The molecule has 2 unspecified atom stereocenters. The number of carboxylic acid groups (broad SMARTS) is 1. The minimum atomic E-state index is -1.42. The van der Waals surface area contributed by atoms with Gasteiger partial charge in [-0.2, -0.15) is 0 Å². The molecule has 2 rings (SSSR count). The van der Waals surface area contributed by atoms with Crippen molar-refractivity contribution in [1.29, 1.82) is 0 Å². The molecule has 192 valence electrons. The molecule has 10 heteroatoms. The number of aliphatic hydroxyl groups excluding tert-OH is 4. The maximum Gasteiger partial charge on any atom is 1.00 e. The number of carboxylic acids is 1. The summed E-state index contributed by atoms with van der Waals surface area (Å²) in [5.41, 5.74) is 2.54. The molecule has 36 heavy (non-hydrogen) atoms. The van der Waals surface area contributed by atoms with E-state index in [1.54, 1.807) is 24.3 Å². The van der Waals surface area contributed by atoms with Gasteiger partial charge in [-0.05, 0) is 40.8 Å². The minimum absolute atomic E-state index is 0. The van der Waals surface area contributed by atoms with Gasteiger partial charge in [0.2, 0.25) is 0 Å². The molecule has 0 radical (unpaired) electrons. The van der Waals surface area contributed by atoms with E-state index in [4.69, 9.17) is 9.47 Å². The summed E-state index contributed by atoms with van der Waals surface area (Å²) < 4.78 is 25.3. The van der Waals surface area contributed by atoms with Crippen LogP contribution in [0.25, 0.3) is 17.2 Å². The molecule has 2 aromatic carbocycles. The first kappa shape index (κ1) is 32.0. The third-order valence-electron chi connectivity index (χ3n) is 5.16. The molecule has 0 saturated heterocycles. The van der Waals surface area contributed by atoms with Crippen molar-refractivity contribution in [3.05, 3.63) is 53.4 Å². The van der Waals surface area contributed by atoms with Crippen LogP contribution in [0.2, 0.25) is 0 Å². The summed E-state index contributed by atoms with van der Waals surface area (Å²) in [6, 6.07) is 7.46. The topological polar surface area (TPSA) is 140 Å². The molecule has 0 fully saturated rings. The Kier molecular flexibility index (Phi) is 14.2. The average molecular weight is 515 g/mol. The van der Waals surface area contributed by atoms with Crippen LogP contribution >= 0.6 is 0 Å². The van der Waals surface area contributed by atoms with Crippen LogP contribution in [0.5, 0.6) is 11.5 Å². The molecule has 2 atom stereocenters. The molecule has 0 aliphatic rings. The van der Waals surface area contributed by atoms with Gasteiger partial charge in [-0.1, -0.05) is 38.1 Å². The number of rotatable bonds is 14. The van der Waals surface area contributed by atoms with Gasteiger partial charge >= 0.3 is 29.6 Å². The van der Waals surface area contributed by atoms with Crippen LogP contribution in [0.1, 0.15) is 43.7 Å². The van der Waals surface area contributed by atoms with E-state index < -0.39 is 30.4 Å². The van der Waals surface area contributed by atoms with Crippen molar-refractivity contribution in [2.45, 2.75) is 44.8 Å². The fraction of sp³-hybridized carbons (Fsp3) is 0.423. The van der Waals surface area contributed by atoms with Crippen molar-refractivity contribution in [3.63, 3.8) is 0 Å². The number of hydrogen-bond donors (Lipinski definition) is 4. The average Bonchev–Trinajstić information content (AvgIpc) is 2.79. The van der Waals surface area contributed by atoms with E-state index >= 15 is 0 Å². The van der Waals surface area contributed by atoms with Crippen LogP contribution in [-0.4, -0.2) is 65.0 Å². The Morgan fingerprint density at radius 1 is 1.08 bits per heavy atom. The minimum Gasteiger partial charge on any atom is -0.550 e. The zero-order valence-electron chi connectivity index (χ0n) is 20.8. The van der Waals surface area contributed by atoms with E-state index in [1.165, 1.54) is 18.2 Å². The third kappa shape index (κ3) is 9.48. The summed E-state index contributed by atoms with van der Waals surface area (Å²) in [5, 5.41) is 49.5. The second-order valence-corrected chi connectivity index (χ2v) is 8.28. The van der Waals surface area contributed by atoms with Gasteiger partial charge < -0.3 is 39.8 Å². The SMILES string of the molecule is CC(C)c1cc(OCCO)c(OCCO)c(-c2ccc(F)cc2)c1/C=C/C(O)CC(O)CC(=O)[O-].[Na+]. The molecule has 0 aliphatic heterocycles. The number of halogens is 1. The fourth-order valence-electron chi connectivity index (χ4n) is 3.63. The molecule has 0 heterocycles. The fourth-order valence-corrected chi connectivity index (χ4v) is 3.63. The quantitative estimate of drug-likeness (QED) is 0.227. The summed E-state index contributed by atoms with van der Waals surface area (Å²) in [7, 11) is 0. The van der Waals surface area contributed by atoms with Gasteiger partial charge in [0.15, 0.2) is 11.5 Å². The second-order valence-electron chi connectivity index (χ2n) is 8.28. The maximum absolute atomic E-state index is 13.7. The van der Waals surface area contributed by atoms with E-state index in [9.17, 15) is 34.7 Å². The first-order valence-corrected chi connectivity index (χ1v) is 11.4. The van der Waals surface area contributed by atoms with E-state index in [1.807, 2.05) is 13.8 Å². The van der Waals surface area contributed by atoms with Gasteiger partial charge in [0, 0.05) is 24.4 Å². The summed E-state index contributed by atoms with van der Waals surface area (Å²) in [5.74, 6) is -1.28. The predicted octanol–water partition coefficient (Wildman–Crippen LogP) is -1.37. The summed E-state index contributed by atoms with van der Waals surface area (Å²) >= 11 is 0. The molecule has 0 aromatic heterocycles. The molecule has 0 amide bonds. The van der Waals surface area contributed by atoms with Crippen LogP contribution in [0, 0.1) is 5.82 Å². The molecule has 4 N–H and O–H groups in total. The van der Waals surface area contributed by atoms with Crippen molar-refractivity contribution in [3.8, 4) is 22.6 Å². The number of aliphatic hydroxyl groups is 4. The maximum atomic E-state index is 13.7. The van der Waals surface area contributed by atoms with Gasteiger partial charge in [0.25, 0.3) is 0 Å². The van der Waals surface area contributed by atoms with Crippen LogP contribution < -0.4 is 44.1 Å². The zero-order chi connectivity index (χ0) is 26.0. The smallest absolute Gasteiger partial charge is 0.550 e. The molecule has 0 bridgehead atoms. The molecule has 0 spiro atoms. The van der Waals surface area contributed by atoms with Crippen LogP contribution in [-0.2, 0) is 4.79 Å². The van der Waals surface area contributed by atoms with E-state index in [0.717, 1.165) is 5.56 Å². The zero-order valence-corrected chi connectivity index (χ0v) is 22.8. The molecule has 0 aliphatic carbocycles. The van der Waals surface area contributed by atoms with Crippen molar-refractivity contribution >= 4 is 12.0 Å². The largest absolute Gasteiger partial charge is 1.00 e. The van der Waals surface area contributed by atoms with Crippen LogP contribution in [0.4, 0.5) is 4.39 Å². The summed E-state index contributed by atoms with van der Waals surface area (Å²) in [4.78, 5) is 10.7. The van der Waals surface area contributed by atoms with Gasteiger partial charge in [-0.15, -0.1) is 0 Å².